The van der Waals surface area contributed by atoms with Gasteiger partial charge in [-0.3, -0.25) is 4.79 Å². The first-order chi connectivity index (χ1) is 15.9. The SMILES string of the molecule is C=C(NCC1CCC(NC(=O)c2cc(C(F)(F)F)ccc2Cl)CC1)Nc1cc(C)c(C)cc1N. The number of amides is 1. The van der Waals surface area contributed by atoms with Gasteiger partial charge in [0.15, 0.2) is 0 Å². The highest BCUT2D eigenvalue weighted by Crippen LogP contribution is 2.32. The molecular weight excluding hydrogens is 465 g/mol. The van der Waals surface area contributed by atoms with E-state index in [1.807, 2.05) is 26.0 Å². The molecule has 0 aromatic heterocycles. The number of halogens is 4. The number of hydrogen-bond donors (Lipinski definition) is 4. The Kier molecular flexibility index (Phi) is 8.02. The van der Waals surface area contributed by atoms with Crippen molar-refractivity contribution in [1.29, 1.82) is 0 Å². The van der Waals surface area contributed by atoms with Gasteiger partial charge < -0.3 is 21.7 Å². The number of hydrogen-bond acceptors (Lipinski definition) is 4. The molecule has 0 unspecified atom stereocenters. The number of nitrogen functional groups attached to an aromatic ring is 1. The summed E-state index contributed by atoms with van der Waals surface area (Å²) in [6, 6.07) is 6.58. The average Bonchev–Trinajstić information content (AvgIpc) is 2.76. The molecule has 1 saturated carbocycles. The van der Waals surface area contributed by atoms with Gasteiger partial charge in [0.2, 0.25) is 0 Å². The van der Waals surface area contributed by atoms with Crippen molar-refractivity contribution in [2.75, 3.05) is 17.6 Å². The van der Waals surface area contributed by atoms with E-state index >= 15 is 0 Å². The van der Waals surface area contributed by atoms with Crippen LogP contribution < -0.4 is 21.7 Å². The first-order valence-electron chi connectivity index (χ1n) is 11.2. The summed E-state index contributed by atoms with van der Waals surface area (Å²) < 4.78 is 38.9. The van der Waals surface area contributed by atoms with E-state index in [4.69, 9.17) is 17.3 Å². The number of carbonyl (C=O) groups excluding carboxylic acids is 1. The lowest BCUT2D eigenvalue weighted by Crippen LogP contribution is -2.39. The molecule has 184 valence electrons. The maximum Gasteiger partial charge on any atom is 0.416 e. The van der Waals surface area contributed by atoms with E-state index in [0.717, 1.165) is 67.2 Å². The molecule has 5 nitrogen and oxygen atoms in total. The molecule has 0 radical (unpaired) electrons. The molecule has 9 heteroatoms. The molecule has 1 amide bonds. The van der Waals surface area contributed by atoms with Gasteiger partial charge in [0.25, 0.3) is 5.91 Å². The largest absolute Gasteiger partial charge is 0.416 e. The maximum atomic E-state index is 13.0. The summed E-state index contributed by atoms with van der Waals surface area (Å²) in [5.74, 6) is 0.465. The summed E-state index contributed by atoms with van der Waals surface area (Å²) in [6.07, 6.45) is -1.33. The number of anilines is 2. The highest BCUT2D eigenvalue weighted by Gasteiger charge is 2.32. The van der Waals surface area contributed by atoms with Crippen LogP contribution in [-0.4, -0.2) is 18.5 Å². The van der Waals surface area contributed by atoms with Crippen molar-refractivity contribution < 1.29 is 18.0 Å². The van der Waals surface area contributed by atoms with Gasteiger partial charge in [0, 0.05) is 12.6 Å². The second-order valence-electron chi connectivity index (χ2n) is 8.89. The number of carbonyl (C=O) groups is 1. The van der Waals surface area contributed by atoms with Crippen LogP contribution >= 0.6 is 11.6 Å². The Bertz CT molecular complexity index is 1060. The van der Waals surface area contributed by atoms with Crippen LogP contribution in [-0.2, 0) is 6.18 Å². The van der Waals surface area contributed by atoms with E-state index < -0.39 is 17.6 Å². The number of rotatable bonds is 7. The molecular formula is C25H30ClF3N4O. The summed E-state index contributed by atoms with van der Waals surface area (Å²) in [4.78, 5) is 12.6. The smallest absolute Gasteiger partial charge is 0.397 e. The maximum absolute atomic E-state index is 13.0. The highest BCUT2D eigenvalue weighted by atomic mass is 35.5. The predicted molar refractivity (Wildman–Crippen MR) is 131 cm³/mol. The van der Waals surface area contributed by atoms with Gasteiger partial charge in [0.1, 0.15) is 0 Å². The summed E-state index contributed by atoms with van der Waals surface area (Å²) in [7, 11) is 0. The van der Waals surface area contributed by atoms with Crippen molar-refractivity contribution in [1.82, 2.24) is 10.6 Å². The van der Waals surface area contributed by atoms with Gasteiger partial charge >= 0.3 is 6.18 Å². The molecule has 0 atom stereocenters. The number of aryl methyl sites for hydroxylation is 2. The van der Waals surface area contributed by atoms with Crippen LogP contribution in [0.4, 0.5) is 24.5 Å². The first kappa shape index (κ1) is 25.7. The van der Waals surface area contributed by atoms with E-state index in [2.05, 4.69) is 22.5 Å². The van der Waals surface area contributed by atoms with Crippen molar-refractivity contribution in [3.63, 3.8) is 0 Å². The molecule has 0 aliphatic heterocycles. The van der Waals surface area contributed by atoms with Crippen molar-refractivity contribution in [2.24, 2.45) is 5.92 Å². The second kappa shape index (κ2) is 10.6. The quantitative estimate of drug-likeness (QED) is 0.355. The Hall–Kier alpha value is -2.87. The summed E-state index contributed by atoms with van der Waals surface area (Å²) in [6.45, 7) is 8.77. The molecule has 0 bridgehead atoms. The number of benzene rings is 2. The Morgan fingerprint density at radius 3 is 2.41 bits per heavy atom. The standard InChI is InChI=1S/C25H30ClF3N4O/c1-14-10-22(30)23(11-15(14)2)32-16(3)31-13-17-4-7-19(8-5-17)33-24(34)20-12-18(25(27,28)29)6-9-21(20)26/h6,9-12,17,19,31-32H,3-5,7-8,13,30H2,1-2H3,(H,33,34). The monoisotopic (exact) mass is 494 g/mol. The zero-order valence-corrected chi connectivity index (χ0v) is 20.0. The summed E-state index contributed by atoms with van der Waals surface area (Å²) in [5.41, 5.74) is 8.75. The second-order valence-corrected chi connectivity index (χ2v) is 9.30. The lowest BCUT2D eigenvalue weighted by atomic mass is 9.86. The minimum Gasteiger partial charge on any atom is -0.397 e. The van der Waals surface area contributed by atoms with Crippen LogP contribution in [0.2, 0.25) is 5.02 Å². The molecule has 1 aliphatic carbocycles. The van der Waals surface area contributed by atoms with Crippen LogP contribution in [0.3, 0.4) is 0 Å². The Labute approximate surface area is 202 Å². The molecule has 0 saturated heterocycles. The fraction of sp³-hybridized carbons (Fsp3) is 0.400. The molecule has 0 heterocycles. The normalized spacial score (nSPS) is 18.3. The van der Waals surface area contributed by atoms with Gasteiger partial charge in [-0.15, -0.1) is 0 Å². The lowest BCUT2D eigenvalue weighted by Gasteiger charge is -2.30. The van der Waals surface area contributed by atoms with Gasteiger partial charge in [-0.25, -0.2) is 0 Å². The topological polar surface area (TPSA) is 79.2 Å². The van der Waals surface area contributed by atoms with E-state index in [0.29, 0.717) is 17.4 Å². The number of alkyl halides is 3. The van der Waals surface area contributed by atoms with Crippen molar-refractivity contribution >= 4 is 28.9 Å². The van der Waals surface area contributed by atoms with Crippen LogP contribution in [0.15, 0.2) is 42.7 Å². The Morgan fingerprint density at radius 1 is 1.12 bits per heavy atom. The molecule has 1 fully saturated rings. The zero-order chi connectivity index (χ0) is 25.0. The van der Waals surface area contributed by atoms with E-state index in [1.54, 1.807) is 0 Å². The highest BCUT2D eigenvalue weighted by molar-refractivity contribution is 6.33. The lowest BCUT2D eigenvalue weighted by molar-refractivity contribution is -0.137. The van der Waals surface area contributed by atoms with E-state index in [1.165, 1.54) is 0 Å². The number of nitrogens with two attached hydrogens (primary N) is 1. The van der Waals surface area contributed by atoms with Crippen molar-refractivity contribution in [2.45, 2.75) is 51.7 Å². The Balaban J connectivity index is 1.46. The Morgan fingerprint density at radius 2 is 1.76 bits per heavy atom. The first-order valence-corrected chi connectivity index (χ1v) is 11.6. The molecule has 2 aromatic carbocycles. The van der Waals surface area contributed by atoms with Gasteiger partial charge in [-0.1, -0.05) is 18.2 Å². The summed E-state index contributed by atoms with van der Waals surface area (Å²) >= 11 is 5.98. The molecule has 2 aromatic rings. The molecule has 3 rings (SSSR count). The molecule has 1 aliphatic rings. The van der Waals surface area contributed by atoms with Crippen molar-refractivity contribution in [3.05, 3.63) is 70.0 Å². The van der Waals surface area contributed by atoms with Gasteiger partial charge in [-0.05, 0) is 86.9 Å². The minimum absolute atomic E-state index is 0.00111. The van der Waals surface area contributed by atoms with Gasteiger partial charge in [-0.2, -0.15) is 13.2 Å². The predicted octanol–water partition coefficient (Wildman–Crippen LogP) is 6.02. The third-order valence-corrected chi connectivity index (χ3v) is 6.61. The molecule has 34 heavy (non-hydrogen) atoms. The van der Waals surface area contributed by atoms with Crippen LogP contribution in [0.25, 0.3) is 0 Å². The van der Waals surface area contributed by atoms with Crippen molar-refractivity contribution in [3.8, 4) is 0 Å². The minimum atomic E-state index is -4.53. The van der Waals surface area contributed by atoms with E-state index in [-0.39, 0.29) is 16.6 Å². The fourth-order valence-corrected chi connectivity index (χ4v) is 4.27. The van der Waals surface area contributed by atoms with E-state index in [9.17, 15) is 18.0 Å². The third-order valence-electron chi connectivity index (χ3n) is 6.28. The average molecular weight is 495 g/mol. The fourth-order valence-electron chi connectivity index (χ4n) is 4.07. The molecule has 5 N–H and O–H groups in total. The summed E-state index contributed by atoms with van der Waals surface area (Å²) in [5, 5.41) is 9.34. The van der Waals surface area contributed by atoms with Crippen LogP contribution in [0.1, 0.15) is 52.7 Å². The third kappa shape index (κ3) is 6.59. The van der Waals surface area contributed by atoms with Crippen LogP contribution in [0, 0.1) is 19.8 Å². The molecule has 0 spiro atoms. The van der Waals surface area contributed by atoms with Gasteiger partial charge in [0.05, 0.1) is 33.3 Å². The zero-order valence-electron chi connectivity index (χ0n) is 19.3. The number of nitrogens with one attached hydrogen (secondary N) is 3. The van der Waals surface area contributed by atoms with Crippen LogP contribution in [0.5, 0.6) is 0 Å².